The Balaban J connectivity index is 0.000000184. The summed E-state index contributed by atoms with van der Waals surface area (Å²) in [6.45, 7) is 0. The highest BCUT2D eigenvalue weighted by Gasteiger charge is 2.22. The zero-order chi connectivity index (χ0) is 32.8. The van der Waals surface area contributed by atoms with Crippen molar-refractivity contribution in [1.82, 2.24) is 0 Å². The van der Waals surface area contributed by atoms with E-state index in [1.165, 1.54) is 12.1 Å². The van der Waals surface area contributed by atoms with Crippen molar-refractivity contribution >= 4 is 75.8 Å². The fraction of sp³-hybridized carbons (Fsp3) is 0. The first-order valence-corrected chi connectivity index (χ1v) is 15.9. The van der Waals surface area contributed by atoms with Gasteiger partial charge in [0, 0.05) is 21.4 Å². The molecule has 0 heterocycles. The Kier molecular flexibility index (Phi) is 9.92. The zero-order valence-electron chi connectivity index (χ0n) is 23.7. The summed E-state index contributed by atoms with van der Waals surface area (Å²) in [7, 11) is -4.82. The van der Waals surface area contributed by atoms with Crippen LogP contribution in [0.2, 0.25) is 10.0 Å². The number of phosphoric acid groups is 1. The van der Waals surface area contributed by atoms with Crippen molar-refractivity contribution in [3.05, 3.63) is 142 Å². The summed E-state index contributed by atoms with van der Waals surface area (Å²) in [6.07, 6.45) is 0. The van der Waals surface area contributed by atoms with Crippen LogP contribution in [0.4, 0.5) is 11.4 Å². The molecule has 0 spiro atoms. The molecule has 0 saturated heterocycles. The molecule has 0 aromatic heterocycles. The van der Waals surface area contributed by atoms with E-state index >= 15 is 0 Å². The number of anilines is 2. The normalized spacial score (nSPS) is 11.0. The first-order chi connectivity index (χ1) is 21.9. The second-order valence-electron chi connectivity index (χ2n) is 9.92. The minimum atomic E-state index is -4.82. The zero-order valence-corrected chi connectivity index (χ0v) is 26.1. The molecule has 9 nitrogen and oxygen atoms in total. The number of phenolic OH excluding ortho intramolecular Hbond substituents is 1. The third kappa shape index (κ3) is 8.43. The van der Waals surface area contributed by atoms with Crippen molar-refractivity contribution in [2.75, 3.05) is 10.6 Å². The van der Waals surface area contributed by atoms with Crippen LogP contribution in [0.5, 0.6) is 11.5 Å². The Morgan fingerprint density at radius 1 is 0.587 bits per heavy atom. The number of amides is 2. The fourth-order valence-corrected chi connectivity index (χ4v) is 5.13. The average Bonchev–Trinajstić information content (AvgIpc) is 3.02. The van der Waals surface area contributed by atoms with Gasteiger partial charge in [0.25, 0.3) is 11.8 Å². The third-order valence-electron chi connectivity index (χ3n) is 6.62. The first kappa shape index (κ1) is 32.5. The number of rotatable bonds is 6. The van der Waals surface area contributed by atoms with E-state index in [-0.39, 0.29) is 28.5 Å². The lowest BCUT2D eigenvalue weighted by Crippen LogP contribution is -2.13. The molecule has 2 amide bonds. The number of benzene rings is 6. The largest absolute Gasteiger partial charge is 0.524 e. The monoisotopic (exact) mass is 674 g/mol. The van der Waals surface area contributed by atoms with Crippen LogP contribution in [0, 0.1) is 0 Å². The summed E-state index contributed by atoms with van der Waals surface area (Å²) in [5.41, 5.74) is 1.36. The Morgan fingerprint density at radius 2 is 0.978 bits per heavy atom. The Morgan fingerprint density at radius 3 is 1.43 bits per heavy atom. The molecule has 0 aliphatic carbocycles. The summed E-state index contributed by atoms with van der Waals surface area (Å²) in [5.74, 6) is -1.16. The number of hydrogen-bond donors (Lipinski definition) is 5. The molecular formula is C34H25Cl2N2O7P. The molecular weight excluding hydrogens is 650 g/mol. The number of phosphoric ester groups is 1. The topological polar surface area (TPSA) is 145 Å². The van der Waals surface area contributed by atoms with Gasteiger partial charge in [-0.05, 0) is 94.3 Å². The van der Waals surface area contributed by atoms with Gasteiger partial charge in [0.1, 0.15) is 11.5 Å². The van der Waals surface area contributed by atoms with Crippen LogP contribution in [0.1, 0.15) is 20.7 Å². The molecule has 0 aliphatic heterocycles. The van der Waals surface area contributed by atoms with Gasteiger partial charge in [-0.1, -0.05) is 71.7 Å². The van der Waals surface area contributed by atoms with Crippen molar-refractivity contribution in [3.8, 4) is 11.5 Å². The number of halogens is 2. The quantitative estimate of drug-likeness (QED) is 0.111. The van der Waals surface area contributed by atoms with Gasteiger partial charge in [-0.25, -0.2) is 4.57 Å². The Hall–Kier alpha value is -4.89. The lowest BCUT2D eigenvalue weighted by molar-refractivity contribution is 0.101. The van der Waals surface area contributed by atoms with Gasteiger partial charge in [-0.2, -0.15) is 0 Å². The lowest BCUT2D eigenvalue weighted by atomic mass is 10.1. The fourth-order valence-electron chi connectivity index (χ4n) is 4.47. The number of carbonyl (C=O) groups excluding carboxylic acids is 2. The molecule has 0 aliphatic rings. The predicted molar refractivity (Wildman–Crippen MR) is 181 cm³/mol. The highest BCUT2D eigenvalue weighted by Crippen LogP contribution is 2.40. The van der Waals surface area contributed by atoms with Crippen LogP contribution in [0.3, 0.4) is 0 Å². The number of carbonyl (C=O) groups is 2. The van der Waals surface area contributed by atoms with Gasteiger partial charge in [0.05, 0.1) is 11.1 Å². The molecule has 12 heteroatoms. The van der Waals surface area contributed by atoms with Crippen molar-refractivity contribution in [1.29, 1.82) is 0 Å². The van der Waals surface area contributed by atoms with Crippen molar-refractivity contribution < 1.29 is 33.6 Å². The van der Waals surface area contributed by atoms with Crippen molar-refractivity contribution in [2.24, 2.45) is 0 Å². The third-order valence-corrected chi connectivity index (χ3v) is 7.56. The van der Waals surface area contributed by atoms with Crippen LogP contribution in [0.15, 0.2) is 121 Å². The van der Waals surface area contributed by atoms with Crippen LogP contribution >= 0.6 is 31.0 Å². The molecule has 0 atom stereocenters. The Bertz CT molecular complexity index is 2100. The molecule has 232 valence electrons. The maximum atomic E-state index is 12.6. The van der Waals surface area contributed by atoms with E-state index in [2.05, 4.69) is 10.6 Å². The minimum Gasteiger partial charge on any atom is -0.507 e. The first-order valence-electron chi connectivity index (χ1n) is 13.6. The van der Waals surface area contributed by atoms with E-state index in [1.54, 1.807) is 84.9 Å². The minimum absolute atomic E-state index is 0.0111. The molecule has 0 unspecified atom stereocenters. The van der Waals surface area contributed by atoms with Gasteiger partial charge in [-0.15, -0.1) is 0 Å². The molecule has 6 rings (SSSR count). The van der Waals surface area contributed by atoms with E-state index in [0.717, 1.165) is 16.2 Å². The van der Waals surface area contributed by atoms with Crippen LogP contribution < -0.4 is 15.2 Å². The van der Waals surface area contributed by atoms with Crippen molar-refractivity contribution in [3.63, 3.8) is 0 Å². The second-order valence-corrected chi connectivity index (χ2v) is 12.0. The summed E-state index contributed by atoms with van der Waals surface area (Å²) in [4.78, 5) is 43.1. The second kappa shape index (κ2) is 14.0. The van der Waals surface area contributed by atoms with E-state index in [4.69, 9.17) is 37.5 Å². The Labute approximate surface area is 273 Å². The van der Waals surface area contributed by atoms with E-state index in [0.29, 0.717) is 26.8 Å². The molecule has 5 N–H and O–H groups in total. The molecule has 0 bridgehead atoms. The lowest BCUT2D eigenvalue weighted by Gasteiger charge is -2.13. The van der Waals surface area contributed by atoms with Gasteiger partial charge in [-0.3, -0.25) is 19.4 Å². The van der Waals surface area contributed by atoms with Gasteiger partial charge in [0.2, 0.25) is 0 Å². The standard InChI is InChI=1S/C17H13ClNO5P.C17H12ClNO2/c18-13-5-7-14(8-6-13)19-17(20)15-9-11-3-1-2-4-12(11)10-16(15)24-25(21,22)23;18-13-5-7-14(8-6-13)19-17(21)15-9-11-3-1-2-4-12(11)10-16(15)20/h1-10H,(H,19,20)(H2,21,22,23);1-10,20H,(H,19,21). The summed E-state index contributed by atoms with van der Waals surface area (Å²) >= 11 is 11.6. The summed E-state index contributed by atoms with van der Waals surface area (Å²) in [5, 5.41) is 19.7. The average molecular weight is 675 g/mol. The molecule has 0 radical (unpaired) electrons. The van der Waals surface area contributed by atoms with E-state index < -0.39 is 13.7 Å². The highest BCUT2D eigenvalue weighted by atomic mass is 35.5. The molecule has 46 heavy (non-hydrogen) atoms. The van der Waals surface area contributed by atoms with Crippen LogP contribution in [-0.4, -0.2) is 26.7 Å². The summed E-state index contributed by atoms with van der Waals surface area (Å²) in [6, 6.07) is 34.1. The molecule has 6 aromatic carbocycles. The van der Waals surface area contributed by atoms with Gasteiger partial charge < -0.3 is 20.3 Å². The van der Waals surface area contributed by atoms with E-state index in [9.17, 15) is 19.3 Å². The number of fused-ring (bicyclic) bond motifs is 2. The van der Waals surface area contributed by atoms with Crippen molar-refractivity contribution in [2.45, 2.75) is 0 Å². The smallest absolute Gasteiger partial charge is 0.507 e. The maximum Gasteiger partial charge on any atom is 0.524 e. The molecule has 6 aromatic rings. The number of hydrogen-bond acceptors (Lipinski definition) is 5. The number of phenols is 1. The van der Waals surface area contributed by atoms with E-state index in [1.807, 2.05) is 24.3 Å². The van der Waals surface area contributed by atoms with Crippen LogP contribution in [-0.2, 0) is 4.57 Å². The van der Waals surface area contributed by atoms with Crippen LogP contribution in [0.25, 0.3) is 21.5 Å². The number of aromatic hydroxyl groups is 1. The highest BCUT2D eigenvalue weighted by molar-refractivity contribution is 7.46. The molecule has 0 saturated carbocycles. The summed E-state index contributed by atoms with van der Waals surface area (Å²) < 4.78 is 15.9. The predicted octanol–water partition coefficient (Wildman–Crippen LogP) is 8.67. The SMILES string of the molecule is O=C(Nc1ccc(Cl)cc1)c1cc2ccccc2cc1O.O=C(Nc1ccc(Cl)cc1)c1cc2ccccc2cc1OP(=O)(O)O. The van der Waals surface area contributed by atoms with Gasteiger partial charge in [0.15, 0.2) is 0 Å². The maximum absolute atomic E-state index is 12.6. The number of nitrogens with one attached hydrogen (secondary N) is 2. The molecule has 0 fully saturated rings. The van der Waals surface area contributed by atoms with Gasteiger partial charge >= 0.3 is 7.82 Å².